The van der Waals surface area contributed by atoms with Crippen LogP contribution in [-0.2, 0) is 37.0 Å². The van der Waals surface area contributed by atoms with E-state index in [1.165, 1.54) is 0 Å². The molecule has 46 heavy (non-hydrogen) atoms. The molecule has 9 nitrogen and oxygen atoms in total. The first kappa shape index (κ1) is 33.8. The van der Waals surface area contributed by atoms with Crippen molar-refractivity contribution < 1.29 is 34.0 Å². The number of carbonyl (C=O) groups excluding carboxylic acids is 1. The second-order valence-electron chi connectivity index (χ2n) is 12.4. The average molecular weight is 631 g/mol. The van der Waals surface area contributed by atoms with Crippen LogP contribution in [0.2, 0.25) is 0 Å². The second kappa shape index (κ2) is 16.3. The molecule has 2 saturated heterocycles. The number of aliphatic hydroxyl groups is 1. The van der Waals surface area contributed by atoms with Gasteiger partial charge in [-0.05, 0) is 59.7 Å². The lowest BCUT2D eigenvalue weighted by molar-refractivity contribution is -0.276. The summed E-state index contributed by atoms with van der Waals surface area (Å²) < 4.78 is 18.9. The minimum atomic E-state index is -0.894. The number of aliphatic hydroxyl groups excluding tert-OH is 1. The average Bonchev–Trinajstić information content (AvgIpc) is 3.51. The number of hydrogen-bond donors (Lipinski definition) is 3. The van der Waals surface area contributed by atoms with Gasteiger partial charge in [0.05, 0.1) is 25.4 Å². The highest BCUT2D eigenvalue weighted by molar-refractivity contribution is 5.76. The Hall–Kier alpha value is -3.60. The third-order valence-electron chi connectivity index (χ3n) is 9.12. The second-order valence-corrected chi connectivity index (χ2v) is 12.4. The molecule has 0 aromatic heterocycles. The largest absolute Gasteiger partial charge is 0.481 e. The van der Waals surface area contributed by atoms with Gasteiger partial charge in [0, 0.05) is 50.6 Å². The molecule has 2 heterocycles. The van der Waals surface area contributed by atoms with E-state index in [1.807, 2.05) is 42.5 Å². The van der Waals surface area contributed by atoms with Gasteiger partial charge in [0.1, 0.15) is 0 Å². The maximum absolute atomic E-state index is 12.1. The fourth-order valence-corrected chi connectivity index (χ4v) is 6.46. The molecule has 2 fully saturated rings. The van der Waals surface area contributed by atoms with E-state index in [2.05, 4.69) is 47.5 Å². The number of amides is 1. The summed E-state index contributed by atoms with van der Waals surface area (Å²) in [5.74, 6) is -0.938. The zero-order chi connectivity index (χ0) is 32.5. The first-order chi connectivity index (χ1) is 22.3. The summed E-state index contributed by atoms with van der Waals surface area (Å²) >= 11 is 0. The Morgan fingerprint density at radius 3 is 2.43 bits per heavy atom. The molecule has 3 aromatic rings. The minimum absolute atomic E-state index is 0.00402. The number of rotatable bonds is 14. The predicted molar refractivity (Wildman–Crippen MR) is 175 cm³/mol. The van der Waals surface area contributed by atoms with Crippen LogP contribution in [0.25, 0.3) is 11.1 Å². The fraction of sp³-hybridized carbons (Fsp3) is 0.459. The number of carbonyl (C=O) groups is 2. The lowest BCUT2D eigenvalue weighted by atomic mass is 9.89. The predicted octanol–water partition coefficient (Wildman–Crippen LogP) is 5.62. The van der Waals surface area contributed by atoms with Gasteiger partial charge in [-0.3, -0.25) is 14.5 Å². The SMILES string of the molecule is COC[C@@H]1CCCN1C[C@@H]1O[C@H](c2ccc(-c3cccc(CNC(=O)CCCC(=O)O)c3)cc2)O[C@H](c2ccc(CO)cc2)[C@@H]1C. The van der Waals surface area contributed by atoms with Gasteiger partial charge in [-0.2, -0.15) is 0 Å². The third kappa shape index (κ3) is 8.80. The molecule has 5 rings (SSSR count). The summed E-state index contributed by atoms with van der Waals surface area (Å²) in [6.07, 6.45) is 2.03. The molecule has 5 atom stereocenters. The van der Waals surface area contributed by atoms with E-state index in [1.54, 1.807) is 7.11 Å². The number of carboxylic acid groups (broad SMARTS) is 1. The normalized spacial score (nSPS) is 23.3. The molecule has 3 N–H and O–H groups in total. The number of aliphatic carboxylic acids is 1. The Labute approximate surface area is 271 Å². The molecule has 3 aromatic carbocycles. The number of nitrogens with one attached hydrogen (secondary N) is 1. The Morgan fingerprint density at radius 2 is 1.72 bits per heavy atom. The highest BCUT2D eigenvalue weighted by atomic mass is 16.7. The van der Waals surface area contributed by atoms with E-state index in [0.29, 0.717) is 19.0 Å². The monoisotopic (exact) mass is 630 g/mol. The maximum Gasteiger partial charge on any atom is 0.303 e. The van der Waals surface area contributed by atoms with Crippen LogP contribution >= 0.6 is 0 Å². The quantitative estimate of drug-likeness (QED) is 0.210. The van der Waals surface area contributed by atoms with Crippen molar-refractivity contribution in [3.63, 3.8) is 0 Å². The van der Waals surface area contributed by atoms with Crippen LogP contribution in [0, 0.1) is 5.92 Å². The Morgan fingerprint density at radius 1 is 0.957 bits per heavy atom. The van der Waals surface area contributed by atoms with E-state index in [-0.39, 0.29) is 43.5 Å². The first-order valence-electron chi connectivity index (χ1n) is 16.3. The number of likely N-dealkylation sites (tertiary alicyclic amines) is 1. The molecule has 0 unspecified atom stereocenters. The Bertz CT molecular complexity index is 1430. The molecule has 246 valence electrons. The van der Waals surface area contributed by atoms with Crippen LogP contribution in [0.1, 0.15) is 73.7 Å². The van der Waals surface area contributed by atoms with Gasteiger partial charge >= 0.3 is 5.97 Å². The first-order valence-corrected chi connectivity index (χ1v) is 16.3. The van der Waals surface area contributed by atoms with Gasteiger partial charge in [-0.15, -0.1) is 0 Å². The molecule has 2 aliphatic rings. The van der Waals surface area contributed by atoms with Crippen molar-refractivity contribution in [2.75, 3.05) is 26.8 Å². The molecule has 0 saturated carbocycles. The molecule has 0 bridgehead atoms. The Kier molecular flexibility index (Phi) is 12.0. The number of nitrogens with zero attached hydrogens (tertiary/aromatic N) is 1. The molecule has 1 amide bonds. The number of carboxylic acids is 1. The lowest BCUT2D eigenvalue weighted by Crippen LogP contribution is -2.46. The van der Waals surface area contributed by atoms with Crippen LogP contribution in [0.5, 0.6) is 0 Å². The summed E-state index contributed by atoms with van der Waals surface area (Å²) in [5, 5.41) is 21.2. The number of benzene rings is 3. The van der Waals surface area contributed by atoms with E-state index >= 15 is 0 Å². The van der Waals surface area contributed by atoms with Crippen molar-refractivity contribution in [1.82, 2.24) is 10.2 Å². The molecule has 0 aliphatic carbocycles. The summed E-state index contributed by atoms with van der Waals surface area (Å²) in [4.78, 5) is 25.3. The van der Waals surface area contributed by atoms with E-state index in [4.69, 9.17) is 19.3 Å². The zero-order valence-electron chi connectivity index (χ0n) is 26.8. The standard InChI is InChI=1S/C37H46N2O7/c1-25-33(22-39-19-5-8-32(39)24-44-2)45-37(46-36(25)29-13-11-26(23-40)12-14-29)30-17-15-28(16-18-30)31-7-3-6-27(20-31)21-38-34(41)9-4-10-35(42)43/h3,6-7,11-18,20,25,32-33,36-37,40H,4-5,8-10,19,21-24H2,1-2H3,(H,38,41)(H,42,43)/t25-,32+,33+,36+,37+/m1/s1. The summed E-state index contributed by atoms with van der Waals surface area (Å²) in [7, 11) is 1.76. The number of ether oxygens (including phenoxy) is 3. The van der Waals surface area contributed by atoms with Crippen LogP contribution in [0.4, 0.5) is 0 Å². The van der Waals surface area contributed by atoms with Crippen LogP contribution in [-0.4, -0.2) is 65.9 Å². The fourth-order valence-electron chi connectivity index (χ4n) is 6.46. The molecular weight excluding hydrogens is 584 g/mol. The molecule has 0 spiro atoms. The highest BCUT2D eigenvalue weighted by Crippen LogP contribution is 2.42. The molecule has 2 aliphatic heterocycles. The van der Waals surface area contributed by atoms with Gasteiger partial charge in [-0.25, -0.2) is 0 Å². The van der Waals surface area contributed by atoms with Crippen molar-refractivity contribution >= 4 is 11.9 Å². The topological polar surface area (TPSA) is 118 Å². The van der Waals surface area contributed by atoms with E-state index in [0.717, 1.165) is 65.9 Å². The van der Waals surface area contributed by atoms with Crippen molar-refractivity contribution in [2.24, 2.45) is 5.92 Å². The van der Waals surface area contributed by atoms with Gasteiger partial charge < -0.3 is 29.7 Å². The number of methoxy groups -OCH3 is 1. The smallest absolute Gasteiger partial charge is 0.303 e. The maximum atomic E-state index is 12.1. The van der Waals surface area contributed by atoms with Gasteiger partial charge in [0.25, 0.3) is 0 Å². The van der Waals surface area contributed by atoms with Crippen LogP contribution in [0.3, 0.4) is 0 Å². The van der Waals surface area contributed by atoms with Gasteiger partial charge in [-0.1, -0.05) is 73.7 Å². The van der Waals surface area contributed by atoms with Crippen molar-refractivity contribution in [2.45, 2.75) is 76.7 Å². The molecular formula is C37H46N2O7. The van der Waals surface area contributed by atoms with Crippen molar-refractivity contribution in [3.05, 3.63) is 95.1 Å². The van der Waals surface area contributed by atoms with Crippen LogP contribution in [0.15, 0.2) is 72.8 Å². The minimum Gasteiger partial charge on any atom is -0.481 e. The van der Waals surface area contributed by atoms with E-state index < -0.39 is 12.3 Å². The van der Waals surface area contributed by atoms with E-state index in [9.17, 15) is 14.7 Å². The molecule has 9 heteroatoms. The summed E-state index contributed by atoms with van der Waals surface area (Å²) in [6.45, 7) is 5.13. The van der Waals surface area contributed by atoms with Crippen LogP contribution < -0.4 is 5.32 Å². The summed E-state index contributed by atoms with van der Waals surface area (Å²) in [5.41, 5.74) is 5.91. The van der Waals surface area contributed by atoms with Crippen molar-refractivity contribution in [1.29, 1.82) is 0 Å². The van der Waals surface area contributed by atoms with Gasteiger partial charge in [0.2, 0.25) is 5.91 Å². The molecule has 0 radical (unpaired) electrons. The lowest BCUT2D eigenvalue weighted by Gasteiger charge is -2.43. The zero-order valence-corrected chi connectivity index (χ0v) is 26.8. The Balaban J connectivity index is 1.29. The third-order valence-corrected chi connectivity index (χ3v) is 9.12. The summed E-state index contributed by atoms with van der Waals surface area (Å²) in [6, 6.07) is 24.7. The number of hydrogen-bond acceptors (Lipinski definition) is 7. The van der Waals surface area contributed by atoms with Gasteiger partial charge in [0.15, 0.2) is 6.29 Å². The highest BCUT2D eigenvalue weighted by Gasteiger charge is 2.40. The van der Waals surface area contributed by atoms with Crippen molar-refractivity contribution in [3.8, 4) is 11.1 Å².